The Morgan fingerprint density at radius 1 is 1.37 bits per heavy atom. The summed E-state index contributed by atoms with van der Waals surface area (Å²) in [6, 6.07) is 1.46. The van der Waals surface area contributed by atoms with E-state index in [-0.39, 0.29) is 16.6 Å². The van der Waals surface area contributed by atoms with Crippen molar-refractivity contribution in [3.63, 3.8) is 0 Å². The number of hydrogen-bond donors (Lipinski definition) is 1. The molecule has 0 aliphatic rings. The molecule has 0 atom stereocenters. The van der Waals surface area contributed by atoms with Crippen molar-refractivity contribution in [3.8, 4) is 0 Å². The van der Waals surface area contributed by atoms with E-state index in [2.05, 4.69) is 47.0 Å². The zero-order chi connectivity index (χ0) is 14.8. The topological polar surface area (TPSA) is 68.1 Å². The van der Waals surface area contributed by atoms with E-state index in [9.17, 15) is 10.1 Å². The average molecular weight is 330 g/mol. The highest BCUT2D eigenvalue weighted by atomic mass is 79.9. The van der Waals surface area contributed by atoms with Crippen LogP contribution < -0.4 is 5.32 Å². The molecule has 0 fully saturated rings. The third kappa shape index (κ3) is 5.14. The van der Waals surface area contributed by atoms with Crippen LogP contribution >= 0.6 is 15.9 Å². The van der Waals surface area contributed by atoms with Crippen LogP contribution in [0.25, 0.3) is 0 Å². The third-order valence-electron chi connectivity index (χ3n) is 2.46. The molecule has 0 saturated carbocycles. The molecule has 0 amide bonds. The molecule has 0 aliphatic heterocycles. The van der Waals surface area contributed by atoms with Gasteiger partial charge >= 0.3 is 5.69 Å². The van der Waals surface area contributed by atoms with Gasteiger partial charge in [-0.25, -0.2) is 4.98 Å². The zero-order valence-electron chi connectivity index (χ0n) is 12.0. The van der Waals surface area contributed by atoms with Gasteiger partial charge in [-0.3, -0.25) is 10.1 Å². The van der Waals surface area contributed by atoms with Gasteiger partial charge in [-0.2, -0.15) is 0 Å². The van der Waals surface area contributed by atoms with Crippen LogP contribution in [0.1, 0.15) is 41.0 Å². The summed E-state index contributed by atoms with van der Waals surface area (Å²) in [4.78, 5) is 14.7. The quantitative estimate of drug-likeness (QED) is 0.657. The van der Waals surface area contributed by atoms with Crippen molar-refractivity contribution in [2.45, 2.75) is 46.6 Å². The molecule has 0 aromatic carbocycles. The van der Waals surface area contributed by atoms with Crippen LogP contribution in [0, 0.1) is 15.5 Å². The Hall–Kier alpha value is -1.17. The molecule has 1 rings (SSSR count). The fraction of sp³-hybridized carbons (Fsp3) is 0.615. The number of nitro groups is 1. The summed E-state index contributed by atoms with van der Waals surface area (Å²) in [7, 11) is 0. The maximum Gasteiger partial charge on any atom is 0.312 e. The standard InChI is InChI=1S/C13H20BrN3O2/c1-12(2,3)8-13(4,5)16-11-10(17(18)19)6-9(14)7-15-11/h6-7H,8H2,1-5H3,(H,15,16). The van der Waals surface area contributed by atoms with E-state index < -0.39 is 4.92 Å². The lowest BCUT2D eigenvalue weighted by atomic mass is 9.82. The molecular weight excluding hydrogens is 310 g/mol. The second kappa shape index (κ2) is 5.45. The summed E-state index contributed by atoms with van der Waals surface area (Å²) in [5.74, 6) is 0.308. The Balaban J connectivity index is 3.02. The highest BCUT2D eigenvalue weighted by Gasteiger charge is 2.28. The second-order valence-electron chi connectivity index (χ2n) is 6.52. The van der Waals surface area contributed by atoms with Crippen LogP contribution in [0.15, 0.2) is 16.7 Å². The molecule has 1 aromatic rings. The average Bonchev–Trinajstić information content (AvgIpc) is 2.16. The van der Waals surface area contributed by atoms with Gasteiger partial charge in [0.15, 0.2) is 0 Å². The highest BCUT2D eigenvalue weighted by molar-refractivity contribution is 9.10. The van der Waals surface area contributed by atoms with Gasteiger partial charge in [0.25, 0.3) is 0 Å². The summed E-state index contributed by atoms with van der Waals surface area (Å²) in [6.45, 7) is 10.5. The number of anilines is 1. The molecule has 0 unspecified atom stereocenters. The fourth-order valence-corrected chi connectivity index (χ4v) is 2.67. The Morgan fingerprint density at radius 2 is 1.95 bits per heavy atom. The van der Waals surface area contributed by atoms with Gasteiger partial charge in [0.05, 0.1) is 4.92 Å². The summed E-state index contributed by atoms with van der Waals surface area (Å²) in [5.41, 5.74) is -0.166. The molecule has 0 saturated heterocycles. The number of aromatic nitrogens is 1. The first kappa shape index (κ1) is 15.9. The van der Waals surface area contributed by atoms with Crippen LogP contribution in [0.3, 0.4) is 0 Å². The number of nitrogens with one attached hydrogen (secondary N) is 1. The van der Waals surface area contributed by atoms with Crippen LogP contribution in [0.4, 0.5) is 11.5 Å². The Bertz CT molecular complexity index is 481. The van der Waals surface area contributed by atoms with Crippen molar-refractivity contribution in [1.29, 1.82) is 0 Å². The van der Waals surface area contributed by atoms with Crippen molar-refractivity contribution < 1.29 is 4.92 Å². The minimum atomic E-state index is -0.423. The van der Waals surface area contributed by atoms with Gasteiger partial charge in [0, 0.05) is 22.3 Å². The molecule has 0 aliphatic carbocycles. The molecule has 5 nitrogen and oxygen atoms in total. The highest BCUT2D eigenvalue weighted by Crippen LogP contribution is 2.32. The third-order valence-corrected chi connectivity index (χ3v) is 2.89. The first-order chi connectivity index (χ1) is 8.50. The first-order valence-corrected chi connectivity index (χ1v) is 6.88. The van der Waals surface area contributed by atoms with E-state index in [4.69, 9.17) is 0 Å². The Labute approximate surface area is 122 Å². The maximum absolute atomic E-state index is 11.0. The van der Waals surface area contributed by atoms with Gasteiger partial charge in [0.2, 0.25) is 5.82 Å². The van der Waals surface area contributed by atoms with E-state index in [0.717, 1.165) is 6.42 Å². The molecule has 19 heavy (non-hydrogen) atoms. The smallest absolute Gasteiger partial charge is 0.312 e. The van der Waals surface area contributed by atoms with Gasteiger partial charge in [-0.05, 0) is 41.6 Å². The van der Waals surface area contributed by atoms with Gasteiger partial charge in [-0.1, -0.05) is 20.8 Å². The van der Waals surface area contributed by atoms with E-state index >= 15 is 0 Å². The molecule has 1 N–H and O–H groups in total. The van der Waals surface area contributed by atoms with E-state index in [1.54, 1.807) is 6.20 Å². The summed E-state index contributed by atoms with van der Waals surface area (Å²) >= 11 is 3.20. The molecule has 0 radical (unpaired) electrons. The van der Waals surface area contributed by atoms with Crippen molar-refractivity contribution in [1.82, 2.24) is 4.98 Å². The lowest BCUT2D eigenvalue weighted by molar-refractivity contribution is -0.384. The van der Waals surface area contributed by atoms with Crippen molar-refractivity contribution in [2.75, 3.05) is 5.32 Å². The van der Waals surface area contributed by atoms with Gasteiger partial charge in [-0.15, -0.1) is 0 Å². The molecule has 6 heteroatoms. The summed E-state index contributed by atoms with van der Waals surface area (Å²) < 4.78 is 0.596. The second-order valence-corrected chi connectivity index (χ2v) is 7.44. The van der Waals surface area contributed by atoms with Crippen LogP contribution in [-0.4, -0.2) is 15.4 Å². The van der Waals surface area contributed by atoms with Crippen LogP contribution in [-0.2, 0) is 0 Å². The molecule has 0 spiro atoms. The maximum atomic E-state index is 11.0. The first-order valence-electron chi connectivity index (χ1n) is 6.08. The molecule has 1 heterocycles. The number of rotatable bonds is 4. The predicted octanol–water partition coefficient (Wildman–Crippen LogP) is 4.38. The van der Waals surface area contributed by atoms with Crippen LogP contribution in [0.2, 0.25) is 0 Å². The number of nitrogens with zero attached hydrogens (tertiary/aromatic N) is 2. The number of halogens is 1. The minimum absolute atomic E-state index is 0.0173. The molecular formula is C13H20BrN3O2. The lowest BCUT2D eigenvalue weighted by Crippen LogP contribution is -2.36. The predicted molar refractivity (Wildman–Crippen MR) is 80.4 cm³/mol. The summed E-state index contributed by atoms with van der Waals surface area (Å²) in [6.07, 6.45) is 2.43. The molecule has 0 bridgehead atoms. The van der Waals surface area contributed by atoms with Crippen molar-refractivity contribution in [2.24, 2.45) is 5.41 Å². The zero-order valence-corrected chi connectivity index (χ0v) is 13.5. The Kier molecular flexibility index (Phi) is 4.55. The van der Waals surface area contributed by atoms with Gasteiger partial charge in [0.1, 0.15) is 0 Å². The molecule has 106 valence electrons. The largest absolute Gasteiger partial charge is 0.359 e. The Morgan fingerprint density at radius 3 is 2.42 bits per heavy atom. The monoisotopic (exact) mass is 329 g/mol. The van der Waals surface area contributed by atoms with Crippen LogP contribution in [0.5, 0.6) is 0 Å². The van der Waals surface area contributed by atoms with Crippen molar-refractivity contribution in [3.05, 3.63) is 26.9 Å². The fourth-order valence-electron chi connectivity index (χ4n) is 2.35. The summed E-state index contributed by atoms with van der Waals surface area (Å²) in [5, 5.41) is 14.2. The lowest BCUT2D eigenvalue weighted by Gasteiger charge is -2.33. The normalized spacial score (nSPS) is 12.3. The SMILES string of the molecule is CC(C)(C)CC(C)(C)Nc1ncc(Br)cc1[N+](=O)[O-]. The van der Waals surface area contributed by atoms with E-state index in [1.165, 1.54) is 6.07 Å². The van der Waals surface area contributed by atoms with E-state index in [0.29, 0.717) is 10.3 Å². The van der Waals surface area contributed by atoms with Gasteiger partial charge < -0.3 is 5.32 Å². The minimum Gasteiger partial charge on any atom is -0.359 e. The number of pyridine rings is 1. The van der Waals surface area contributed by atoms with Crippen molar-refractivity contribution >= 4 is 27.4 Å². The van der Waals surface area contributed by atoms with E-state index in [1.807, 2.05) is 13.8 Å². The molecule has 1 aromatic heterocycles. The number of hydrogen-bond acceptors (Lipinski definition) is 4.